The van der Waals surface area contributed by atoms with Crippen molar-refractivity contribution < 1.29 is 29.7 Å². The number of primary amides is 1. The zero-order valence-corrected chi connectivity index (χ0v) is 15.9. The van der Waals surface area contributed by atoms with E-state index in [2.05, 4.69) is 0 Å². The highest BCUT2D eigenvalue weighted by Gasteiger charge is 2.60. The van der Waals surface area contributed by atoms with Crippen molar-refractivity contribution in [1.29, 1.82) is 0 Å². The van der Waals surface area contributed by atoms with E-state index in [1.165, 1.54) is 0 Å². The molecule has 3 aliphatic rings. The van der Waals surface area contributed by atoms with Crippen LogP contribution in [0.5, 0.6) is 0 Å². The van der Waals surface area contributed by atoms with Crippen LogP contribution in [0.3, 0.4) is 0 Å². The van der Waals surface area contributed by atoms with Crippen LogP contribution in [0, 0.1) is 11.8 Å². The first-order valence-electron chi connectivity index (χ1n) is 9.72. The molecule has 2 aromatic carbocycles. The maximum absolute atomic E-state index is 13.4. The molecule has 5 rings (SSSR count). The number of carbonyl (C=O) groups excluding carboxylic acids is 3. The quantitative estimate of drug-likeness (QED) is 0.535. The number of rotatable bonds is 1. The third kappa shape index (κ3) is 2.26. The Hall–Kier alpha value is -3.45. The number of aliphatic hydroxyl groups excluding tert-OH is 2. The molecular formula is C23H19NO6. The van der Waals surface area contributed by atoms with Crippen molar-refractivity contribution in [2.75, 3.05) is 0 Å². The minimum absolute atomic E-state index is 0.0150. The van der Waals surface area contributed by atoms with Gasteiger partial charge in [0, 0.05) is 23.5 Å². The Morgan fingerprint density at radius 2 is 1.73 bits per heavy atom. The Morgan fingerprint density at radius 3 is 2.40 bits per heavy atom. The lowest BCUT2D eigenvalue weighted by Crippen LogP contribution is -2.58. The fourth-order valence-electron chi connectivity index (χ4n) is 5.22. The van der Waals surface area contributed by atoms with E-state index in [1.807, 2.05) is 30.3 Å². The lowest BCUT2D eigenvalue weighted by molar-refractivity contribution is -0.147. The molecule has 3 aliphatic carbocycles. The molecule has 3 atom stereocenters. The van der Waals surface area contributed by atoms with Crippen molar-refractivity contribution in [3.63, 3.8) is 0 Å². The molecule has 5 N–H and O–H groups in total. The Bertz CT molecular complexity index is 1240. The molecule has 0 aromatic heterocycles. The van der Waals surface area contributed by atoms with Crippen LogP contribution in [0.2, 0.25) is 0 Å². The Balaban J connectivity index is 1.71. The molecule has 30 heavy (non-hydrogen) atoms. The first kappa shape index (κ1) is 18.6. The molecule has 7 heteroatoms. The summed E-state index contributed by atoms with van der Waals surface area (Å²) in [6.07, 6.45) is 0.384. The average Bonchev–Trinajstić information content (AvgIpc) is 2.69. The number of hydrogen-bond donors (Lipinski definition) is 4. The topological polar surface area (TPSA) is 138 Å². The average molecular weight is 405 g/mol. The fourth-order valence-corrected chi connectivity index (χ4v) is 5.22. The number of aliphatic hydroxyl groups is 3. The third-order valence-electron chi connectivity index (χ3n) is 6.66. The van der Waals surface area contributed by atoms with Crippen LogP contribution in [0.25, 0.3) is 16.5 Å². The van der Waals surface area contributed by atoms with Crippen LogP contribution in [0.4, 0.5) is 0 Å². The van der Waals surface area contributed by atoms with E-state index in [-0.39, 0.29) is 24.2 Å². The Kier molecular flexibility index (Phi) is 3.73. The summed E-state index contributed by atoms with van der Waals surface area (Å²) in [5.41, 5.74) is 3.38. The largest absolute Gasteiger partial charge is 0.508 e. The monoisotopic (exact) mass is 405 g/mol. The number of amides is 1. The van der Waals surface area contributed by atoms with E-state index in [1.54, 1.807) is 6.07 Å². The first-order valence-corrected chi connectivity index (χ1v) is 9.72. The van der Waals surface area contributed by atoms with E-state index in [4.69, 9.17) is 5.73 Å². The smallest absolute Gasteiger partial charge is 0.255 e. The van der Waals surface area contributed by atoms with E-state index >= 15 is 0 Å². The predicted molar refractivity (Wildman–Crippen MR) is 107 cm³/mol. The van der Waals surface area contributed by atoms with Gasteiger partial charge < -0.3 is 21.1 Å². The van der Waals surface area contributed by atoms with Gasteiger partial charge >= 0.3 is 0 Å². The molecule has 2 aromatic rings. The Morgan fingerprint density at radius 1 is 1.07 bits per heavy atom. The molecule has 7 nitrogen and oxygen atoms in total. The number of nitrogens with two attached hydrogens (primary N) is 1. The van der Waals surface area contributed by atoms with Gasteiger partial charge in [0.2, 0.25) is 5.78 Å². The van der Waals surface area contributed by atoms with Gasteiger partial charge in [0.1, 0.15) is 17.1 Å². The maximum atomic E-state index is 13.4. The summed E-state index contributed by atoms with van der Waals surface area (Å²) in [6.45, 7) is 0. The molecule has 0 aliphatic heterocycles. The number of fused-ring (bicyclic) bond motifs is 4. The standard InChI is InChI=1S/C23H19NO6/c24-22(29)18-16(25)9-14-7-13-6-12-5-10-3-1-2-4-11(10)8-15(12)19(26)17(13)20(27)23(14,30)21(18)28/h1-5,8,13-14,26,28,30H,6-7,9H2,(H2,24,29)/t13?,14-,23-/m0/s1. The minimum Gasteiger partial charge on any atom is -0.508 e. The van der Waals surface area contributed by atoms with E-state index in [0.717, 1.165) is 16.3 Å². The van der Waals surface area contributed by atoms with Crippen molar-refractivity contribution in [3.8, 4) is 0 Å². The highest BCUT2D eigenvalue weighted by Crippen LogP contribution is 2.51. The SMILES string of the molecule is NC(=O)C1=C(O)[C@@]2(O)C(=O)C3=C(O)c4cc5ccccc5cc4CC3C[C@H]2CC1=O. The zero-order valence-electron chi connectivity index (χ0n) is 15.9. The number of Topliss-reactive ketones (excluding diaryl/α,β-unsaturated/α-hetero) is 2. The summed E-state index contributed by atoms with van der Waals surface area (Å²) in [5.74, 6) is -5.34. The fraction of sp³-hybridized carbons (Fsp3) is 0.261. The molecule has 1 saturated carbocycles. The van der Waals surface area contributed by atoms with Crippen LogP contribution in [0.15, 0.2) is 53.3 Å². The normalized spacial score (nSPS) is 28.3. The molecule has 0 radical (unpaired) electrons. The first-order chi connectivity index (χ1) is 14.2. The van der Waals surface area contributed by atoms with Crippen LogP contribution in [0.1, 0.15) is 24.0 Å². The number of carbonyl (C=O) groups is 3. The summed E-state index contributed by atoms with van der Waals surface area (Å²) in [7, 11) is 0. The van der Waals surface area contributed by atoms with Gasteiger partial charge in [-0.15, -0.1) is 0 Å². The van der Waals surface area contributed by atoms with Gasteiger partial charge in [0.05, 0.1) is 0 Å². The van der Waals surface area contributed by atoms with Gasteiger partial charge in [-0.25, -0.2) is 0 Å². The van der Waals surface area contributed by atoms with Crippen LogP contribution in [-0.2, 0) is 20.8 Å². The van der Waals surface area contributed by atoms with Crippen LogP contribution < -0.4 is 5.73 Å². The molecule has 0 spiro atoms. The maximum Gasteiger partial charge on any atom is 0.255 e. The molecule has 0 bridgehead atoms. The number of ketones is 2. The van der Waals surface area contributed by atoms with Gasteiger partial charge in [0.25, 0.3) is 5.91 Å². The third-order valence-corrected chi connectivity index (χ3v) is 6.66. The molecule has 1 amide bonds. The molecule has 1 unspecified atom stereocenters. The summed E-state index contributed by atoms with van der Waals surface area (Å²) in [4.78, 5) is 37.3. The summed E-state index contributed by atoms with van der Waals surface area (Å²) < 4.78 is 0. The second-order valence-corrected chi connectivity index (χ2v) is 8.26. The predicted octanol–water partition coefficient (Wildman–Crippen LogP) is 1.87. The van der Waals surface area contributed by atoms with Crippen molar-refractivity contribution >= 4 is 34.0 Å². The van der Waals surface area contributed by atoms with Crippen LogP contribution >= 0.6 is 0 Å². The highest BCUT2D eigenvalue weighted by molar-refractivity contribution is 6.22. The Labute approximate surface area is 171 Å². The van der Waals surface area contributed by atoms with Gasteiger partial charge in [-0.05, 0) is 41.2 Å². The van der Waals surface area contributed by atoms with Crippen molar-refractivity contribution in [1.82, 2.24) is 0 Å². The zero-order chi connectivity index (χ0) is 21.4. The van der Waals surface area contributed by atoms with E-state index in [0.29, 0.717) is 12.0 Å². The van der Waals surface area contributed by atoms with E-state index < -0.39 is 46.2 Å². The molecule has 0 saturated heterocycles. The molecule has 1 fully saturated rings. The second-order valence-electron chi connectivity index (χ2n) is 8.26. The number of benzene rings is 2. The summed E-state index contributed by atoms with van der Waals surface area (Å²) >= 11 is 0. The summed E-state index contributed by atoms with van der Waals surface area (Å²) in [6, 6.07) is 11.4. The number of hydrogen-bond acceptors (Lipinski definition) is 6. The van der Waals surface area contributed by atoms with Gasteiger partial charge in [-0.3, -0.25) is 14.4 Å². The second kappa shape index (κ2) is 6.03. The van der Waals surface area contributed by atoms with E-state index in [9.17, 15) is 29.7 Å². The minimum atomic E-state index is -2.45. The van der Waals surface area contributed by atoms with Crippen molar-refractivity contribution in [2.24, 2.45) is 17.6 Å². The lowest BCUT2D eigenvalue weighted by Gasteiger charge is -2.46. The van der Waals surface area contributed by atoms with Crippen molar-refractivity contribution in [2.45, 2.75) is 24.9 Å². The van der Waals surface area contributed by atoms with Crippen LogP contribution in [-0.4, -0.2) is 38.4 Å². The summed E-state index contributed by atoms with van der Waals surface area (Å²) in [5, 5.41) is 34.6. The van der Waals surface area contributed by atoms with Gasteiger partial charge in [0.15, 0.2) is 11.4 Å². The van der Waals surface area contributed by atoms with Crippen molar-refractivity contribution in [3.05, 3.63) is 64.4 Å². The molecular weight excluding hydrogens is 386 g/mol. The highest BCUT2D eigenvalue weighted by atomic mass is 16.3. The lowest BCUT2D eigenvalue weighted by atomic mass is 9.59. The van der Waals surface area contributed by atoms with Gasteiger partial charge in [-0.2, -0.15) is 0 Å². The molecule has 0 heterocycles. The molecule has 152 valence electrons. The van der Waals surface area contributed by atoms with Gasteiger partial charge in [-0.1, -0.05) is 30.3 Å².